The molecule has 0 bridgehead atoms. The molecule has 16 heavy (non-hydrogen) atoms. The number of benzene rings is 1. The van der Waals surface area contributed by atoms with Crippen LogP contribution in [0.1, 0.15) is 6.92 Å². The van der Waals surface area contributed by atoms with Crippen molar-refractivity contribution in [3.05, 3.63) is 28.2 Å². The number of anilines is 1. The molecule has 84 valence electrons. The molecule has 1 saturated heterocycles. The van der Waals surface area contributed by atoms with Gasteiger partial charge in [0.2, 0.25) is 5.91 Å². The van der Waals surface area contributed by atoms with E-state index in [0.29, 0.717) is 20.1 Å². The van der Waals surface area contributed by atoms with Gasteiger partial charge < -0.3 is 0 Å². The molecule has 2 nitrogen and oxygen atoms in total. The second-order valence-corrected chi connectivity index (χ2v) is 6.09. The maximum atomic E-state index is 11.9. The summed E-state index contributed by atoms with van der Waals surface area (Å²) in [6.45, 7) is 1.83. The molecule has 1 amide bonds. The zero-order valence-corrected chi connectivity index (χ0v) is 11.4. The van der Waals surface area contributed by atoms with Crippen LogP contribution < -0.4 is 4.90 Å². The predicted molar refractivity (Wildman–Crippen MR) is 73.6 cm³/mol. The normalized spacial score (nSPS) is 20.7. The van der Waals surface area contributed by atoms with Gasteiger partial charge in [-0.15, -0.1) is 0 Å². The largest absolute Gasteiger partial charge is 0.273 e. The van der Waals surface area contributed by atoms with Crippen LogP contribution in [0, 0.1) is 0 Å². The maximum Gasteiger partial charge on any atom is 0.245 e. The summed E-state index contributed by atoms with van der Waals surface area (Å²) in [6, 6.07) is 5.03. The van der Waals surface area contributed by atoms with Gasteiger partial charge in [0, 0.05) is 0 Å². The maximum absolute atomic E-state index is 11.9. The van der Waals surface area contributed by atoms with E-state index in [4.69, 9.17) is 35.4 Å². The van der Waals surface area contributed by atoms with Crippen molar-refractivity contribution in [2.45, 2.75) is 12.2 Å². The van der Waals surface area contributed by atoms with Crippen molar-refractivity contribution in [1.82, 2.24) is 0 Å². The zero-order chi connectivity index (χ0) is 11.9. The van der Waals surface area contributed by atoms with Gasteiger partial charge in [-0.3, -0.25) is 9.69 Å². The molecule has 1 atom stereocenters. The van der Waals surface area contributed by atoms with E-state index in [9.17, 15) is 4.79 Å². The third-order valence-corrected chi connectivity index (χ3v) is 4.34. The number of thiocarbonyl (C=S) groups is 1. The van der Waals surface area contributed by atoms with Crippen LogP contribution in [0.2, 0.25) is 10.0 Å². The predicted octanol–water partition coefficient (Wildman–Crippen LogP) is 3.75. The molecule has 6 heteroatoms. The van der Waals surface area contributed by atoms with Gasteiger partial charge >= 0.3 is 0 Å². The van der Waals surface area contributed by atoms with Crippen molar-refractivity contribution in [3.63, 3.8) is 0 Å². The number of carbonyl (C=O) groups excluding carboxylic acids is 1. The van der Waals surface area contributed by atoms with E-state index < -0.39 is 0 Å². The van der Waals surface area contributed by atoms with Crippen LogP contribution in [0.5, 0.6) is 0 Å². The van der Waals surface area contributed by atoms with Crippen LogP contribution in [-0.4, -0.2) is 15.5 Å². The minimum absolute atomic E-state index is 0.0200. The number of amides is 1. The van der Waals surface area contributed by atoms with E-state index in [1.165, 1.54) is 16.7 Å². The van der Waals surface area contributed by atoms with E-state index in [-0.39, 0.29) is 11.2 Å². The number of carbonyl (C=O) groups is 1. The van der Waals surface area contributed by atoms with Crippen molar-refractivity contribution < 1.29 is 4.79 Å². The lowest BCUT2D eigenvalue weighted by Crippen LogP contribution is -2.30. The fourth-order valence-corrected chi connectivity index (χ4v) is 3.11. The number of hydrogen-bond acceptors (Lipinski definition) is 3. The summed E-state index contributed by atoms with van der Waals surface area (Å²) in [5, 5.41) is 0.741. The minimum Gasteiger partial charge on any atom is -0.273 e. The Morgan fingerprint density at radius 2 is 2.06 bits per heavy atom. The van der Waals surface area contributed by atoms with Crippen molar-refractivity contribution in [3.8, 4) is 0 Å². The first-order valence-corrected chi connectivity index (χ1v) is 6.54. The van der Waals surface area contributed by atoms with Crippen LogP contribution in [0.3, 0.4) is 0 Å². The molecule has 2 rings (SSSR count). The Hall–Kier alpha value is -0.290. The molecule has 0 aliphatic carbocycles. The molecule has 0 N–H and O–H groups in total. The molecule has 1 unspecified atom stereocenters. The van der Waals surface area contributed by atoms with Crippen molar-refractivity contribution in [1.29, 1.82) is 0 Å². The van der Waals surface area contributed by atoms with E-state index >= 15 is 0 Å². The van der Waals surface area contributed by atoms with Crippen LogP contribution in [-0.2, 0) is 4.79 Å². The second-order valence-electron chi connectivity index (χ2n) is 3.30. The number of thioether (sulfide) groups is 1. The summed E-state index contributed by atoms with van der Waals surface area (Å²) in [6.07, 6.45) is 0. The smallest absolute Gasteiger partial charge is 0.245 e. The molecule has 0 radical (unpaired) electrons. The number of rotatable bonds is 1. The molecular formula is C10H7Cl2NOS2. The summed E-state index contributed by atoms with van der Waals surface area (Å²) in [4.78, 5) is 13.3. The Bertz CT molecular complexity index is 478. The lowest BCUT2D eigenvalue weighted by Gasteiger charge is -2.15. The molecule has 0 aromatic heterocycles. The molecule has 1 aromatic rings. The number of hydrogen-bond donors (Lipinski definition) is 0. The van der Waals surface area contributed by atoms with Gasteiger partial charge in [-0.25, -0.2) is 0 Å². The van der Waals surface area contributed by atoms with Crippen molar-refractivity contribution >= 4 is 63.1 Å². The van der Waals surface area contributed by atoms with Gasteiger partial charge in [0.25, 0.3) is 0 Å². The van der Waals surface area contributed by atoms with Gasteiger partial charge in [0.05, 0.1) is 21.0 Å². The highest BCUT2D eigenvalue weighted by molar-refractivity contribution is 8.25. The Labute approximate surface area is 113 Å². The summed E-state index contributed by atoms with van der Waals surface area (Å²) in [5.74, 6) is -0.0200. The van der Waals surface area contributed by atoms with Gasteiger partial charge in [0.1, 0.15) is 4.32 Å². The van der Waals surface area contributed by atoms with Crippen LogP contribution in [0.25, 0.3) is 0 Å². The standard InChI is InChI=1S/C10H7Cl2NOS2/c1-5-9(14)13(10(15)16-5)6-2-3-7(11)8(12)4-6/h2-5H,1H3. The minimum atomic E-state index is -0.137. The lowest BCUT2D eigenvalue weighted by atomic mass is 10.3. The van der Waals surface area contributed by atoms with Gasteiger partial charge in [-0.05, 0) is 25.1 Å². The highest BCUT2D eigenvalue weighted by Gasteiger charge is 2.34. The van der Waals surface area contributed by atoms with E-state index in [0.717, 1.165) is 0 Å². The first kappa shape index (κ1) is 12.2. The molecule has 1 fully saturated rings. The number of nitrogens with zero attached hydrogens (tertiary/aromatic N) is 1. The van der Waals surface area contributed by atoms with Crippen LogP contribution in [0.4, 0.5) is 5.69 Å². The average molecular weight is 292 g/mol. The van der Waals surface area contributed by atoms with Gasteiger partial charge in [-0.1, -0.05) is 47.2 Å². The summed E-state index contributed by atoms with van der Waals surface area (Å²) in [5.41, 5.74) is 0.668. The molecule has 1 aliphatic heterocycles. The Kier molecular flexibility index (Phi) is 3.45. The van der Waals surface area contributed by atoms with Crippen LogP contribution in [0.15, 0.2) is 18.2 Å². The molecule has 1 heterocycles. The zero-order valence-electron chi connectivity index (χ0n) is 8.24. The summed E-state index contributed by atoms with van der Waals surface area (Å²) >= 11 is 18.2. The van der Waals surface area contributed by atoms with Crippen molar-refractivity contribution in [2.24, 2.45) is 0 Å². The third kappa shape index (κ3) is 2.07. The van der Waals surface area contributed by atoms with Gasteiger partial charge in [-0.2, -0.15) is 0 Å². The molecule has 1 aromatic carbocycles. The topological polar surface area (TPSA) is 20.3 Å². The number of halogens is 2. The second kappa shape index (κ2) is 4.53. The summed E-state index contributed by atoms with van der Waals surface area (Å²) < 4.78 is 0.552. The van der Waals surface area contributed by atoms with E-state index in [1.807, 2.05) is 6.92 Å². The van der Waals surface area contributed by atoms with Gasteiger partial charge in [0.15, 0.2) is 0 Å². The fourth-order valence-electron chi connectivity index (χ4n) is 1.38. The Morgan fingerprint density at radius 1 is 1.38 bits per heavy atom. The first-order chi connectivity index (χ1) is 7.50. The summed E-state index contributed by atoms with van der Waals surface area (Å²) in [7, 11) is 0. The fraction of sp³-hybridized carbons (Fsp3) is 0.200. The lowest BCUT2D eigenvalue weighted by molar-refractivity contribution is -0.116. The molecule has 0 saturated carbocycles. The third-order valence-electron chi connectivity index (χ3n) is 2.19. The van der Waals surface area contributed by atoms with E-state index in [2.05, 4.69) is 0 Å². The Morgan fingerprint density at radius 3 is 2.56 bits per heavy atom. The molecule has 0 spiro atoms. The highest BCUT2D eigenvalue weighted by atomic mass is 35.5. The molecule has 1 aliphatic rings. The monoisotopic (exact) mass is 291 g/mol. The first-order valence-electron chi connectivity index (χ1n) is 4.50. The van der Waals surface area contributed by atoms with E-state index in [1.54, 1.807) is 18.2 Å². The van der Waals surface area contributed by atoms with Crippen molar-refractivity contribution in [2.75, 3.05) is 4.90 Å². The SMILES string of the molecule is CC1SC(=S)N(c2ccc(Cl)c(Cl)c2)C1=O. The van der Waals surface area contributed by atoms with Crippen LogP contribution >= 0.6 is 47.2 Å². The average Bonchev–Trinajstić information content (AvgIpc) is 2.47. The molecular weight excluding hydrogens is 285 g/mol. The Balaban J connectivity index is 2.41. The quantitative estimate of drug-likeness (QED) is 0.735. The highest BCUT2D eigenvalue weighted by Crippen LogP contribution is 2.34.